The molecule has 0 unspecified atom stereocenters. The van der Waals surface area contributed by atoms with Crippen LogP contribution in [-0.2, 0) is 16.0 Å². The summed E-state index contributed by atoms with van der Waals surface area (Å²) in [7, 11) is 3.14. The van der Waals surface area contributed by atoms with Crippen molar-refractivity contribution in [3.63, 3.8) is 0 Å². The second kappa shape index (κ2) is 9.46. The van der Waals surface area contributed by atoms with Crippen molar-refractivity contribution in [2.45, 2.75) is 45.6 Å². The van der Waals surface area contributed by atoms with Crippen LogP contribution >= 0.6 is 0 Å². The van der Waals surface area contributed by atoms with E-state index in [0.29, 0.717) is 23.8 Å². The van der Waals surface area contributed by atoms with E-state index < -0.39 is 6.04 Å². The lowest BCUT2D eigenvalue weighted by Gasteiger charge is -2.25. The first kappa shape index (κ1) is 20.1. The number of amides is 2. The number of ether oxygens (including phenoxy) is 2. The van der Waals surface area contributed by atoms with Crippen LogP contribution in [0, 0.1) is 5.92 Å². The molecule has 0 radical (unpaired) electrons. The monoisotopic (exact) mass is 362 g/mol. The number of nitrogens with one attached hydrogen (secondary N) is 1. The molecule has 1 aliphatic rings. The highest BCUT2D eigenvalue weighted by Gasteiger charge is 2.28. The Bertz CT molecular complexity index is 624. The summed E-state index contributed by atoms with van der Waals surface area (Å²) in [6.07, 6.45) is 2.93. The van der Waals surface area contributed by atoms with Gasteiger partial charge in [-0.1, -0.05) is 19.9 Å². The van der Waals surface area contributed by atoms with E-state index in [0.717, 1.165) is 31.5 Å². The predicted octanol–water partition coefficient (Wildman–Crippen LogP) is 2.40. The van der Waals surface area contributed by atoms with Gasteiger partial charge in [-0.2, -0.15) is 0 Å². The van der Waals surface area contributed by atoms with E-state index in [2.05, 4.69) is 19.2 Å². The zero-order valence-corrected chi connectivity index (χ0v) is 16.2. The molecule has 6 heteroatoms. The molecule has 0 spiro atoms. The number of carbonyl (C=O) groups excluding carboxylic acids is 2. The molecule has 0 aliphatic carbocycles. The van der Waals surface area contributed by atoms with Gasteiger partial charge < -0.3 is 19.7 Å². The summed E-state index contributed by atoms with van der Waals surface area (Å²) >= 11 is 0. The van der Waals surface area contributed by atoms with Gasteiger partial charge in [-0.15, -0.1) is 0 Å². The molecule has 144 valence electrons. The molecule has 1 aromatic rings. The first-order valence-electron chi connectivity index (χ1n) is 9.23. The van der Waals surface area contributed by atoms with Gasteiger partial charge in [-0.05, 0) is 42.9 Å². The minimum Gasteiger partial charge on any atom is -0.493 e. The van der Waals surface area contributed by atoms with Crippen LogP contribution in [0.2, 0.25) is 0 Å². The third-order valence-electron chi connectivity index (χ3n) is 4.57. The van der Waals surface area contributed by atoms with Crippen LogP contribution in [0.25, 0.3) is 0 Å². The van der Waals surface area contributed by atoms with Crippen molar-refractivity contribution in [3.8, 4) is 11.5 Å². The van der Waals surface area contributed by atoms with E-state index in [9.17, 15) is 9.59 Å². The van der Waals surface area contributed by atoms with Crippen molar-refractivity contribution >= 4 is 11.8 Å². The maximum Gasteiger partial charge on any atom is 0.245 e. The van der Waals surface area contributed by atoms with Crippen LogP contribution in [-0.4, -0.2) is 50.1 Å². The van der Waals surface area contributed by atoms with E-state index in [1.54, 1.807) is 26.4 Å². The van der Waals surface area contributed by atoms with Crippen molar-refractivity contribution in [3.05, 3.63) is 23.8 Å². The number of nitrogens with zero attached hydrogens (tertiary/aromatic N) is 1. The van der Waals surface area contributed by atoms with Crippen LogP contribution in [0.3, 0.4) is 0 Å². The van der Waals surface area contributed by atoms with Crippen LogP contribution in [0.5, 0.6) is 11.5 Å². The number of hydrogen-bond donors (Lipinski definition) is 1. The van der Waals surface area contributed by atoms with Gasteiger partial charge >= 0.3 is 0 Å². The van der Waals surface area contributed by atoms with Gasteiger partial charge in [0, 0.05) is 13.1 Å². The Hall–Kier alpha value is -2.24. The van der Waals surface area contributed by atoms with E-state index in [1.807, 2.05) is 11.0 Å². The third kappa shape index (κ3) is 5.38. The molecule has 2 amide bonds. The fraction of sp³-hybridized carbons (Fsp3) is 0.600. The summed E-state index contributed by atoms with van der Waals surface area (Å²) in [5.41, 5.74) is 0.817. The first-order chi connectivity index (χ1) is 12.4. The third-order valence-corrected chi connectivity index (χ3v) is 4.57. The molecule has 2 rings (SSSR count). The summed E-state index contributed by atoms with van der Waals surface area (Å²) in [6.45, 7) is 5.70. The Kier molecular flexibility index (Phi) is 7.30. The van der Waals surface area contributed by atoms with Gasteiger partial charge in [0.25, 0.3) is 0 Å². The summed E-state index contributed by atoms with van der Waals surface area (Å²) in [5, 5.41) is 2.94. The summed E-state index contributed by atoms with van der Waals surface area (Å²) < 4.78 is 10.5. The lowest BCUT2D eigenvalue weighted by molar-refractivity contribution is -0.135. The van der Waals surface area contributed by atoms with Gasteiger partial charge in [0.1, 0.15) is 6.04 Å². The number of benzene rings is 1. The normalized spacial score (nSPS) is 15.0. The molecule has 26 heavy (non-hydrogen) atoms. The van der Waals surface area contributed by atoms with E-state index in [1.165, 1.54) is 0 Å². The highest BCUT2D eigenvalue weighted by molar-refractivity contribution is 5.88. The molecule has 1 aromatic carbocycles. The highest BCUT2D eigenvalue weighted by atomic mass is 16.5. The Morgan fingerprint density at radius 1 is 1.12 bits per heavy atom. The Balaban J connectivity index is 2.03. The van der Waals surface area contributed by atoms with Gasteiger partial charge in [0.05, 0.1) is 20.6 Å². The van der Waals surface area contributed by atoms with Gasteiger partial charge in [-0.25, -0.2) is 0 Å². The van der Waals surface area contributed by atoms with Crippen LogP contribution in [0.15, 0.2) is 18.2 Å². The summed E-state index contributed by atoms with van der Waals surface area (Å²) in [4.78, 5) is 27.1. The lowest BCUT2D eigenvalue weighted by Crippen LogP contribution is -2.48. The minimum absolute atomic E-state index is 0.0388. The smallest absolute Gasteiger partial charge is 0.245 e. The van der Waals surface area contributed by atoms with Crippen molar-refractivity contribution < 1.29 is 19.1 Å². The van der Waals surface area contributed by atoms with Crippen molar-refractivity contribution in [1.82, 2.24) is 10.2 Å². The molecule has 1 atom stereocenters. The average Bonchev–Trinajstić information content (AvgIpc) is 3.14. The molecule has 0 bridgehead atoms. The van der Waals surface area contributed by atoms with Crippen molar-refractivity contribution in [2.24, 2.45) is 5.92 Å². The number of carbonyl (C=O) groups is 2. The van der Waals surface area contributed by atoms with Gasteiger partial charge in [0.15, 0.2) is 11.5 Å². The second-order valence-corrected chi connectivity index (χ2v) is 7.15. The van der Waals surface area contributed by atoms with Gasteiger partial charge in [0.2, 0.25) is 11.8 Å². The number of methoxy groups -OCH3 is 2. The maximum absolute atomic E-state index is 12.7. The summed E-state index contributed by atoms with van der Waals surface area (Å²) in [5.74, 6) is 1.42. The largest absolute Gasteiger partial charge is 0.493 e. The first-order valence-corrected chi connectivity index (χ1v) is 9.23. The predicted molar refractivity (Wildman–Crippen MR) is 100 cm³/mol. The zero-order valence-electron chi connectivity index (χ0n) is 16.2. The zero-order chi connectivity index (χ0) is 19.1. The lowest BCUT2D eigenvalue weighted by atomic mass is 10.0. The number of hydrogen-bond acceptors (Lipinski definition) is 4. The van der Waals surface area contributed by atoms with Crippen molar-refractivity contribution in [1.29, 1.82) is 0 Å². The highest BCUT2D eigenvalue weighted by Crippen LogP contribution is 2.27. The van der Waals surface area contributed by atoms with Crippen LogP contribution < -0.4 is 14.8 Å². The molecular weight excluding hydrogens is 332 g/mol. The Morgan fingerprint density at radius 2 is 1.77 bits per heavy atom. The molecule has 0 aromatic heterocycles. The second-order valence-electron chi connectivity index (χ2n) is 7.15. The molecular formula is C20H30N2O4. The van der Waals surface area contributed by atoms with E-state index in [4.69, 9.17) is 9.47 Å². The molecule has 1 aliphatic heterocycles. The van der Waals surface area contributed by atoms with E-state index >= 15 is 0 Å². The van der Waals surface area contributed by atoms with Crippen molar-refractivity contribution in [2.75, 3.05) is 27.3 Å². The molecule has 1 fully saturated rings. The Morgan fingerprint density at radius 3 is 2.35 bits per heavy atom. The number of likely N-dealkylation sites (tertiary alicyclic amines) is 1. The average molecular weight is 362 g/mol. The minimum atomic E-state index is -0.458. The molecule has 6 nitrogen and oxygen atoms in total. The Labute approximate surface area is 155 Å². The quantitative estimate of drug-likeness (QED) is 0.771. The fourth-order valence-electron chi connectivity index (χ4n) is 3.27. The molecule has 1 saturated heterocycles. The van der Waals surface area contributed by atoms with Crippen LogP contribution in [0.4, 0.5) is 0 Å². The fourth-order valence-corrected chi connectivity index (χ4v) is 3.27. The topological polar surface area (TPSA) is 67.9 Å². The SMILES string of the molecule is COc1ccc(CC(=O)N[C@H](CC(C)C)C(=O)N2CCCC2)cc1OC. The van der Waals surface area contributed by atoms with Crippen LogP contribution in [0.1, 0.15) is 38.7 Å². The standard InChI is InChI=1S/C20H30N2O4/c1-14(2)11-16(20(24)22-9-5-6-10-22)21-19(23)13-15-7-8-17(25-3)18(12-15)26-4/h7-8,12,14,16H,5-6,9-11,13H2,1-4H3,(H,21,23)/t16-/m1/s1. The molecule has 0 saturated carbocycles. The maximum atomic E-state index is 12.7. The summed E-state index contributed by atoms with van der Waals surface area (Å²) in [6, 6.07) is 4.95. The number of rotatable bonds is 8. The van der Waals surface area contributed by atoms with E-state index in [-0.39, 0.29) is 18.2 Å². The van der Waals surface area contributed by atoms with Gasteiger partial charge in [-0.3, -0.25) is 9.59 Å². The molecule has 1 N–H and O–H groups in total. The molecule has 1 heterocycles.